The van der Waals surface area contributed by atoms with Gasteiger partial charge in [0.15, 0.2) is 0 Å². The number of amides is 1. The molecule has 2 unspecified atom stereocenters. The molecule has 1 aliphatic carbocycles. The largest absolute Gasteiger partial charge is 0.444 e. The summed E-state index contributed by atoms with van der Waals surface area (Å²) in [6.45, 7) is 8.32. The Hall–Kier alpha value is -1.55. The van der Waals surface area contributed by atoms with Crippen molar-refractivity contribution < 1.29 is 9.53 Å². The van der Waals surface area contributed by atoms with E-state index < -0.39 is 5.60 Å². The minimum atomic E-state index is -0.459. The average Bonchev–Trinajstić information content (AvgIpc) is 2.97. The molecule has 1 amide bonds. The normalized spacial score (nSPS) is 27.1. The van der Waals surface area contributed by atoms with Gasteiger partial charge < -0.3 is 15.4 Å². The molecule has 2 N–H and O–H groups in total. The van der Waals surface area contributed by atoms with Crippen LogP contribution in [0, 0.1) is 5.92 Å². The highest BCUT2D eigenvalue weighted by molar-refractivity contribution is 5.67. The van der Waals surface area contributed by atoms with E-state index in [1.165, 1.54) is 17.5 Å². The molecule has 114 valence electrons. The Kier molecular flexibility index (Phi) is 3.44. The third kappa shape index (κ3) is 2.91. The lowest BCUT2D eigenvalue weighted by Gasteiger charge is -2.21. The molecule has 3 rings (SSSR count). The monoisotopic (exact) mass is 288 g/mol. The molecular formula is C17H24N2O2. The molecule has 1 saturated heterocycles. The van der Waals surface area contributed by atoms with Crippen molar-refractivity contribution >= 4 is 6.09 Å². The van der Waals surface area contributed by atoms with Crippen LogP contribution < -0.4 is 10.6 Å². The molecule has 2 atom stereocenters. The number of rotatable bonds is 3. The van der Waals surface area contributed by atoms with Crippen LogP contribution in [0.5, 0.6) is 0 Å². The Bertz CT molecular complexity index is 550. The van der Waals surface area contributed by atoms with Gasteiger partial charge in [0, 0.05) is 18.5 Å². The second-order valence-electron chi connectivity index (χ2n) is 7.20. The fourth-order valence-corrected chi connectivity index (χ4v) is 3.40. The van der Waals surface area contributed by atoms with Crippen molar-refractivity contribution in [3.8, 4) is 0 Å². The van der Waals surface area contributed by atoms with Crippen molar-refractivity contribution in [1.29, 1.82) is 0 Å². The smallest absolute Gasteiger partial charge is 0.407 e. The lowest BCUT2D eigenvalue weighted by molar-refractivity contribution is 0.0523. The molecule has 0 bridgehead atoms. The Labute approximate surface area is 126 Å². The first-order chi connectivity index (χ1) is 9.91. The Morgan fingerprint density at radius 3 is 2.81 bits per heavy atom. The summed E-state index contributed by atoms with van der Waals surface area (Å²) in [5, 5.41) is 6.35. The molecule has 0 aromatic heterocycles. The zero-order chi connectivity index (χ0) is 15.1. The second kappa shape index (κ2) is 5.02. The number of fused-ring (bicyclic) bond motifs is 1. The quantitative estimate of drug-likeness (QED) is 0.899. The van der Waals surface area contributed by atoms with E-state index in [0.717, 1.165) is 19.0 Å². The highest BCUT2D eigenvalue weighted by atomic mass is 16.6. The van der Waals surface area contributed by atoms with Crippen LogP contribution in [-0.2, 0) is 16.7 Å². The molecule has 1 aliphatic heterocycles. The van der Waals surface area contributed by atoms with Crippen LogP contribution >= 0.6 is 0 Å². The molecule has 2 fully saturated rings. The van der Waals surface area contributed by atoms with Crippen molar-refractivity contribution in [2.24, 2.45) is 5.92 Å². The predicted molar refractivity (Wildman–Crippen MR) is 82.2 cm³/mol. The fraction of sp³-hybridized carbons (Fsp3) is 0.588. The van der Waals surface area contributed by atoms with Crippen molar-refractivity contribution in [2.45, 2.75) is 44.8 Å². The van der Waals surface area contributed by atoms with E-state index in [4.69, 9.17) is 4.74 Å². The topological polar surface area (TPSA) is 50.4 Å². The third-order valence-electron chi connectivity index (χ3n) is 4.44. The van der Waals surface area contributed by atoms with Crippen LogP contribution in [0.1, 0.15) is 38.3 Å². The lowest BCUT2D eigenvalue weighted by atomic mass is 9.90. The number of ether oxygens (including phenoxy) is 1. The van der Waals surface area contributed by atoms with Gasteiger partial charge in [0.25, 0.3) is 0 Å². The molecular weight excluding hydrogens is 264 g/mol. The number of piperidine rings is 1. The molecule has 2 aliphatic rings. The number of carbonyl (C=O) groups is 1. The standard InChI is InChI=1S/C17H24N2O2/c1-16(2,3)21-15(20)19-9-12-6-4-5-7-14(12)17-8-13(17)10-18-11-17/h4-7,13,18H,8-11H2,1-3H3,(H,19,20). The van der Waals surface area contributed by atoms with Gasteiger partial charge in [-0.15, -0.1) is 0 Å². The summed E-state index contributed by atoms with van der Waals surface area (Å²) in [5.74, 6) is 0.764. The van der Waals surface area contributed by atoms with Crippen molar-refractivity contribution in [2.75, 3.05) is 13.1 Å². The minimum Gasteiger partial charge on any atom is -0.444 e. The summed E-state index contributed by atoms with van der Waals surface area (Å²) in [7, 11) is 0. The van der Waals surface area contributed by atoms with Crippen LogP contribution in [-0.4, -0.2) is 24.8 Å². The lowest BCUT2D eigenvalue weighted by Crippen LogP contribution is -2.32. The van der Waals surface area contributed by atoms with E-state index in [9.17, 15) is 4.79 Å². The van der Waals surface area contributed by atoms with E-state index >= 15 is 0 Å². The maximum atomic E-state index is 11.8. The molecule has 1 aromatic rings. The van der Waals surface area contributed by atoms with E-state index in [2.05, 4.69) is 28.8 Å². The van der Waals surface area contributed by atoms with E-state index in [1.807, 2.05) is 26.8 Å². The second-order valence-corrected chi connectivity index (χ2v) is 7.20. The summed E-state index contributed by atoms with van der Waals surface area (Å²) in [4.78, 5) is 11.8. The predicted octanol–water partition coefficient (Wildman–Crippen LogP) is 2.57. The molecule has 4 nitrogen and oxygen atoms in total. The number of hydrogen-bond acceptors (Lipinski definition) is 3. The highest BCUT2D eigenvalue weighted by Crippen LogP contribution is 2.57. The zero-order valence-electron chi connectivity index (χ0n) is 13.0. The maximum Gasteiger partial charge on any atom is 0.407 e. The van der Waals surface area contributed by atoms with Crippen LogP contribution in [0.4, 0.5) is 4.79 Å². The van der Waals surface area contributed by atoms with Crippen molar-refractivity contribution in [1.82, 2.24) is 10.6 Å². The van der Waals surface area contributed by atoms with Crippen LogP contribution in [0.3, 0.4) is 0 Å². The molecule has 1 saturated carbocycles. The summed E-state index contributed by atoms with van der Waals surface area (Å²) < 4.78 is 5.30. The Morgan fingerprint density at radius 2 is 2.19 bits per heavy atom. The van der Waals surface area contributed by atoms with Crippen LogP contribution in [0.15, 0.2) is 24.3 Å². The van der Waals surface area contributed by atoms with E-state index in [-0.39, 0.29) is 6.09 Å². The summed E-state index contributed by atoms with van der Waals surface area (Å²) in [5.41, 5.74) is 2.44. The van der Waals surface area contributed by atoms with Gasteiger partial charge in [-0.3, -0.25) is 0 Å². The van der Waals surface area contributed by atoms with Gasteiger partial charge in [-0.05, 0) is 50.8 Å². The van der Waals surface area contributed by atoms with Crippen LogP contribution in [0.2, 0.25) is 0 Å². The third-order valence-corrected chi connectivity index (χ3v) is 4.44. The van der Waals surface area contributed by atoms with Gasteiger partial charge in [0.05, 0.1) is 0 Å². The highest BCUT2D eigenvalue weighted by Gasteiger charge is 2.58. The van der Waals surface area contributed by atoms with Crippen molar-refractivity contribution in [3.05, 3.63) is 35.4 Å². The fourth-order valence-electron chi connectivity index (χ4n) is 3.40. The molecule has 0 radical (unpaired) electrons. The number of alkyl carbamates (subject to hydrolysis) is 1. The van der Waals surface area contributed by atoms with Gasteiger partial charge in [-0.25, -0.2) is 4.79 Å². The first kappa shape index (κ1) is 14.4. The Balaban J connectivity index is 1.68. The van der Waals surface area contributed by atoms with E-state index in [0.29, 0.717) is 12.0 Å². The Morgan fingerprint density at radius 1 is 1.43 bits per heavy atom. The number of nitrogens with one attached hydrogen (secondary N) is 2. The van der Waals surface area contributed by atoms with Gasteiger partial charge in [-0.2, -0.15) is 0 Å². The minimum absolute atomic E-state index is 0.312. The molecule has 1 heterocycles. The van der Waals surface area contributed by atoms with Gasteiger partial charge >= 0.3 is 6.09 Å². The maximum absolute atomic E-state index is 11.8. The number of hydrogen-bond donors (Lipinski definition) is 2. The summed E-state index contributed by atoms with van der Waals surface area (Å²) in [6, 6.07) is 8.44. The number of carbonyl (C=O) groups excluding carboxylic acids is 1. The van der Waals surface area contributed by atoms with Gasteiger partial charge in [0.1, 0.15) is 5.60 Å². The zero-order valence-corrected chi connectivity index (χ0v) is 13.0. The average molecular weight is 288 g/mol. The number of benzene rings is 1. The summed E-state index contributed by atoms with van der Waals surface area (Å²) in [6.07, 6.45) is 0.912. The van der Waals surface area contributed by atoms with Crippen molar-refractivity contribution in [3.63, 3.8) is 0 Å². The van der Waals surface area contributed by atoms with Gasteiger partial charge in [0.2, 0.25) is 0 Å². The molecule has 4 heteroatoms. The first-order valence-corrected chi connectivity index (χ1v) is 7.67. The van der Waals surface area contributed by atoms with Gasteiger partial charge in [-0.1, -0.05) is 24.3 Å². The van der Waals surface area contributed by atoms with E-state index in [1.54, 1.807) is 0 Å². The van der Waals surface area contributed by atoms with Crippen LogP contribution in [0.25, 0.3) is 0 Å². The molecule has 21 heavy (non-hydrogen) atoms. The SMILES string of the molecule is CC(C)(C)OC(=O)NCc1ccccc1C12CNCC1C2. The molecule has 1 aromatic carbocycles. The first-order valence-electron chi connectivity index (χ1n) is 7.67. The summed E-state index contributed by atoms with van der Waals surface area (Å²) >= 11 is 0. The molecule has 0 spiro atoms.